The van der Waals surface area contributed by atoms with E-state index < -0.39 is 0 Å². The van der Waals surface area contributed by atoms with Gasteiger partial charge in [0.15, 0.2) is 5.96 Å². The minimum atomic E-state index is -0.191. The average molecular weight is 512 g/mol. The van der Waals surface area contributed by atoms with Crippen molar-refractivity contribution in [3.8, 4) is 0 Å². The van der Waals surface area contributed by atoms with E-state index in [0.29, 0.717) is 43.4 Å². The third-order valence-electron chi connectivity index (χ3n) is 4.13. The lowest BCUT2D eigenvalue weighted by atomic mass is 10.1. The molecule has 0 saturated heterocycles. The Labute approximate surface area is 189 Å². The Hall–Kier alpha value is -2.16. The Kier molecular flexibility index (Phi) is 11.3. The van der Waals surface area contributed by atoms with E-state index >= 15 is 0 Å². The number of carbonyl (C=O) groups excluding carboxylic acids is 1. The molecule has 0 radical (unpaired) electrons. The summed E-state index contributed by atoms with van der Waals surface area (Å²) in [7, 11) is 1.70. The molecule has 0 atom stereocenters. The third kappa shape index (κ3) is 9.25. The second-order valence-corrected chi connectivity index (χ2v) is 7.04. The highest BCUT2D eigenvalue weighted by atomic mass is 127. The zero-order valence-electron chi connectivity index (χ0n) is 17.2. The summed E-state index contributed by atoms with van der Waals surface area (Å²) in [6.45, 7) is 5.18. The summed E-state index contributed by atoms with van der Waals surface area (Å²) in [4.78, 5) is 16.1. The van der Waals surface area contributed by atoms with E-state index in [9.17, 15) is 9.18 Å². The highest BCUT2D eigenvalue weighted by molar-refractivity contribution is 14.0. The van der Waals surface area contributed by atoms with Crippen LogP contribution in [0.1, 0.15) is 31.4 Å². The summed E-state index contributed by atoms with van der Waals surface area (Å²) in [6.07, 6.45) is 1.08. The molecule has 2 aromatic carbocycles. The molecule has 0 aliphatic rings. The van der Waals surface area contributed by atoms with Crippen LogP contribution >= 0.6 is 24.0 Å². The average Bonchev–Trinajstić information content (AvgIpc) is 2.65. The lowest BCUT2D eigenvalue weighted by Gasteiger charge is -2.13. The van der Waals surface area contributed by atoms with Gasteiger partial charge < -0.3 is 16.0 Å². The van der Waals surface area contributed by atoms with E-state index in [1.807, 2.05) is 44.2 Å². The van der Waals surface area contributed by atoms with Gasteiger partial charge >= 0.3 is 0 Å². The molecule has 2 aromatic rings. The molecule has 0 bridgehead atoms. The minimum Gasteiger partial charge on any atom is -0.356 e. The molecular formula is C22H30FIN4O. The SMILES string of the molecule is CN=C(NCCc1ccccc1F)NCc1cccc(NC(=O)CC(C)C)c1.I. The molecule has 0 unspecified atom stereocenters. The van der Waals surface area contributed by atoms with Gasteiger partial charge in [0, 0.05) is 32.2 Å². The molecule has 2 rings (SSSR count). The molecule has 0 aliphatic heterocycles. The number of guanidine groups is 1. The third-order valence-corrected chi connectivity index (χ3v) is 4.13. The quantitative estimate of drug-likeness (QED) is 0.280. The number of hydrogen-bond donors (Lipinski definition) is 3. The Morgan fingerprint density at radius 2 is 1.86 bits per heavy atom. The van der Waals surface area contributed by atoms with Gasteiger partial charge in [0.1, 0.15) is 5.82 Å². The lowest BCUT2D eigenvalue weighted by Crippen LogP contribution is -2.37. The van der Waals surface area contributed by atoms with Crippen LogP contribution in [-0.2, 0) is 17.8 Å². The summed E-state index contributed by atoms with van der Waals surface area (Å²) >= 11 is 0. The number of benzene rings is 2. The summed E-state index contributed by atoms with van der Waals surface area (Å²) in [5.41, 5.74) is 2.49. The van der Waals surface area contributed by atoms with Gasteiger partial charge in [0.2, 0.25) is 5.91 Å². The zero-order chi connectivity index (χ0) is 20.4. The van der Waals surface area contributed by atoms with Crippen molar-refractivity contribution in [2.45, 2.75) is 33.2 Å². The summed E-state index contributed by atoms with van der Waals surface area (Å²) in [6, 6.07) is 14.5. The van der Waals surface area contributed by atoms with Crippen LogP contribution in [0.3, 0.4) is 0 Å². The van der Waals surface area contributed by atoms with Crippen LogP contribution in [0, 0.1) is 11.7 Å². The molecule has 29 heavy (non-hydrogen) atoms. The van der Waals surface area contributed by atoms with E-state index in [4.69, 9.17) is 0 Å². The maximum absolute atomic E-state index is 13.7. The van der Waals surface area contributed by atoms with Crippen molar-refractivity contribution >= 4 is 41.5 Å². The fourth-order valence-corrected chi connectivity index (χ4v) is 2.76. The first-order valence-corrected chi connectivity index (χ1v) is 9.54. The smallest absolute Gasteiger partial charge is 0.224 e. The van der Waals surface area contributed by atoms with Gasteiger partial charge in [0.05, 0.1) is 0 Å². The molecule has 0 saturated carbocycles. The van der Waals surface area contributed by atoms with Gasteiger partial charge in [-0.1, -0.05) is 44.2 Å². The standard InChI is InChI=1S/C22H29FN4O.HI/c1-16(2)13-21(28)27-19-9-6-7-17(14-19)15-26-22(24-3)25-12-11-18-8-4-5-10-20(18)23;/h4-10,14,16H,11-13,15H2,1-3H3,(H,27,28)(H2,24,25,26);1H. The highest BCUT2D eigenvalue weighted by Gasteiger charge is 2.06. The predicted molar refractivity (Wildman–Crippen MR) is 128 cm³/mol. The van der Waals surface area contributed by atoms with Crippen molar-refractivity contribution < 1.29 is 9.18 Å². The fraction of sp³-hybridized carbons (Fsp3) is 0.364. The van der Waals surface area contributed by atoms with E-state index in [2.05, 4.69) is 20.9 Å². The number of aliphatic imine (C=N–C) groups is 1. The van der Waals surface area contributed by atoms with Crippen molar-refractivity contribution in [2.75, 3.05) is 18.9 Å². The summed E-state index contributed by atoms with van der Waals surface area (Å²) in [5.74, 6) is 0.795. The lowest BCUT2D eigenvalue weighted by molar-refractivity contribution is -0.116. The van der Waals surface area contributed by atoms with Gasteiger partial charge in [-0.2, -0.15) is 0 Å². The minimum absolute atomic E-state index is 0. The zero-order valence-corrected chi connectivity index (χ0v) is 19.5. The van der Waals surface area contributed by atoms with Crippen LogP contribution < -0.4 is 16.0 Å². The molecule has 0 aliphatic carbocycles. The number of nitrogens with one attached hydrogen (secondary N) is 3. The van der Waals surface area contributed by atoms with E-state index in [0.717, 1.165) is 11.3 Å². The molecule has 0 heterocycles. The van der Waals surface area contributed by atoms with Crippen LogP contribution in [0.4, 0.5) is 10.1 Å². The first kappa shape index (κ1) is 24.9. The second-order valence-electron chi connectivity index (χ2n) is 7.04. The molecule has 158 valence electrons. The molecule has 5 nitrogen and oxygen atoms in total. The number of amides is 1. The molecule has 0 fully saturated rings. The van der Waals surface area contributed by atoms with E-state index in [-0.39, 0.29) is 35.7 Å². The summed E-state index contributed by atoms with van der Waals surface area (Å²) < 4.78 is 13.7. The van der Waals surface area contributed by atoms with Gasteiger partial charge in [-0.05, 0) is 41.7 Å². The first-order chi connectivity index (χ1) is 13.5. The first-order valence-electron chi connectivity index (χ1n) is 9.54. The van der Waals surface area contributed by atoms with E-state index in [1.165, 1.54) is 6.07 Å². The van der Waals surface area contributed by atoms with E-state index in [1.54, 1.807) is 19.2 Å². The van der Waals surface area contributed by atoms with Crippen molar-refractivity contribution in [3.05, 3.63) is 65.5 Å². The number of nitrogens with zero attached hydrogens (tertiary/aromatic N) is 1. The number of halogens is 2. The Morgan fingerprint density at radius 1 is 1.10 bits per heavy atom. The van der Waals surface area contributed by atoms with Crippen LogP contribution in [0.15, 0.2) is 53.5 Å². The molecule has 7 heteroatoms. The Balaban J connectivity index is 0.00000420. The number of hydrogen-bond acceptors (Lipinski definition) is 2. The predicted octanol–water partition coefficient (Wildman–Crippen LogP) is 4.34. The van der Waals surface area contributed by atoms with Crippen LogP contribution in [0.5, 0.6) is 0 Å². The van der Waals surface area contributed by atoms with Crippen molar-refractivity contribution in [1.82, 2.24) is 10.6 Å². The Morgan fingerprint density at radius 3 is 2.55 bits per heavy atom. The van der Waals surface area contributed by atoms with Gasteiger partial charge in [0.25, 0.3) is 0 Å². The topological polar surface area (TPSA) is 65.5 Å². The monoisotopic (exact) mass is 512 g/mol. The maximum atomic E-state index is 13.7. The summed E-state index contributed by atoms with van der Waals surface area (Å²) in [5, 5.41) is 9.34. The molecule has 1 amide bonds. The maximum Gasteiger partial charge on any atom is 0.224 e. The largest absolute Gasteiger partial charge is 0.356 e. The van der Waals surface area contributed by atoms with Gasteiger partial charge in [-0.15, -0.1) is 24.0 Å². The normalized spacial score (nSPS) is 11.0. The number of carbonyl (C=O) groups is 1. The molecule has 0 aromatic heterocycles. The van der Waals surface area contributed by atoms with Crippen LogP contribution in [0.25, 0.3) is 0 Å². The van der Waals surface area contributed by atoms with Crippen LogP contribution in [-0.4, -0.2) is 25.5 Å². The van der Waals surface area contributed by atoms with Crippen molar-refractivity contribution in [3.63, 3.8) is 0 Å². The molecule has 3 N–H and O–H groups in total. The van der Waals surface area contributed by atoms with Crippen molar-refractivity contribution in [2.24, 2.45) is 10.9 Å². The number of anilines is 1. The highest BCUT2D eigenvalue weighted by Crippen LogP contribution is 2.12. The fourth-order valence-electron chi connectivity index (χ4n) is 2.76. The molecule has 0 spiro atoms. The second kappa shape index (κ2) is 13.1. The van der Waals surface area contributed by atoms with Gasteiger partial charge in [-0.25, -0.2) is 4.39 Å². The van der Waals surface area contributed by atoms with Crippen LogP contribution in [0.2, 0.25) is 0 Å². The van der Waals surface area contributed by atoms with Crippen molar-refractivity contribution in [1.29, 1.82) is 0 Å². The molecular weight excluding hydrogens is 482 g/mol. The Bertz CT molecular complexity index is 811. The number of rotatable bonds is 8. The van der Waals surface area contributed by atoms with Gasteiger partial charge in [-0.3, -0.25) is 9.79 Å².